The third kappa shape index (κ3) is 6.64. The topological polar surface area (TPSA) is 37.8 Å². The molecule has 4 heteroatoms. The Morgan fingerprint density at radius 1 is 1.12 bits per heavy atom. The predicted octanol–water partition coefficient (Wildman–Crippen LogP) is 3.26. The first-order valence-electron chi connectivity index (χ1n) is 6.51. The van der Waals surface area contributed by atoms with Crippen molar-refractivity contribution in [3.05, 3.63) is 18.0 Å². The minimum absolute atomic E-state index is 0.874. The second-order valence-electron chi connectivity index (χ2n) is 4.04. The van der Waals surface area contributed by atoms with Crippen molar-refractivity contribution in [2.45, 2.75) is 51.2 Å². The lowest BCUT2D eigenvalue weighted by molar-refractivity contribution is 0.596. The average Bonchev–Trinajstić information content (AvgIpc) is 2.36. The van der Waals surface area contributed by atoms with Crippen LogP contribution in [0.4, 0.5) is 0 Å². The number of thioether (sulfide) groups is 1. The highest BCUT2D eigenvalue weighted by molar-refractivity contribution is 7.99. The highest BCUT2D eigenvalue weighted by Gasteiger charge is 1.97. The normalized spacial score (nSPS) is 10.7. The number of rotatable bonds is 9. The van der Waals surface area contributed by atoms with Crippen LogP contribution < -0.4 is 5.32 Å². The molecule has 0 aliphatic rings. The molecule has 1 heterocycles. The second-order valence-corrected chi connectivity index (χ2v) is 5.28. The van der Waals surface area contributed by atoms with Crippen LogP contribution in [0.1, 0.15) is 45.1 Å². The molecule has 0 unspecified atom stereocenters. The van der Waals surface area contributed by atoms with Gasteiger partial charge in [-0.25, -0.2) is 9.97 Å². The fourth-order valence-corrected chi connectivity index (χ4v) is 2.06. The minimum atomic E-state index is 0.874. The lowest BCUT2D eigenvalue weighted by atomic mass is 10.2. The van der Waals surface area contributed by atoms with Crippen molar-refractivity contribution >= 4 is 11.8 Å². The molecule has 0 bridgehead atoms. The van der Waals surface area contributed by atoms with Crippen molar-refractivity contribution < 1.29 is 0 Å². The third-order valence-electron chi connectivity index (χ3n) is 2.49. The Morgan fingerprint density at radius 3 is 2.53 bits per heavy atom. The molecular formula is C13H23N3S. The van der Waals surface area contributed by atoms with Crippen molar-refractivity contribution in [1.82, 2.24) is 15.3 Å². The van der Waals surface area contributed by atoms with Crippen LogP contribution in [0.2, 0.25) is 0 Å². The summed E-state index contributed by atoms with van der Waals surface area (Å²) in [4.78, 5) is 8.62. The molecule has 0 saturated carbocycles. The minimum Gasteiger partial charge on any atom is -0.313 e. The van der Waals surface area contributed by atoms with E-state index in [1.54, 1.807) is 11.8 Å². The third-order valence-corrected chi connectivity index (χ3v) is 3.25. The predicted molar refractivity (Wildman–Crippen MR) is 74.3 cm³/mol. The largest absolute Gasteiger partial charge is 0.313 e. The molecule has 17 heavy (non-hydrogen) atoms. The van der Waals surface area contributed by atoms with E-state index in [9.17, 15) is 0 Å². The molecule has 1 aromatic rings. The molecule has 0 radical (unpaired) electrons. The van der Waals surface area contributed by atoms with E-state index in [4.69, 9.17) is 0 Å². The second kappa shape index (κ2) is 9.42. The van der Waals surface area contributed by atoms with Crippen molar-refractivity contribution in [3.63, 3.8) is 0 Å². The van der Waals surface area contributed by atoms with E-state index in [0.29, 0.717) is 0 Å². The van der Waals surface area contributed by atoms with Gasteiger partial charge in [0.15, 0.2) is 5.16 Å². The van der Waals surface area contributed by atoms with Gasteiger partial charge in [0.25, 0.3) is 0 Å². The van der Waals surface area contributed by atoms with Gasteiger partial charge in [-0.1, -0.05) is 44.9 Å². The summed E-state index contributed by atoms with van der Waals surface area (Å²) in [5, 5.41) is 4.30. The highest BCUT2D eigenvalue weighted by atomic mass is 32.2. The summed E-state index contributed by atoms with van der Waals surface area (Å²) >= 11 is 1.68. The molecule has 1 N–H and O–H groups in total. The van der Waals surface area contributed by atoms with Crippen LogP contribution in [-0.2, 0) is 6.54 Å². The molecule has 96 valence electrons. The van der Waals surface area contributed by atoms with Crippen LogP contribution in [0.3, 0.4) is 0 Å². The van der Waals surface area contributed by atoms with Crippen molar-refractivity contribution in [3.8, 4) is 0 Å². The maximum Gasteiger partial charge on any atom is 0.187 e. The van der Waals surface area contributed by atoms with E-state index in [1.165, 1.54) is 31.2 Å². The fourth-order valence-electron chi connectivity index (χ4n) is 1.55. The summed E-state index contributed by atoms with van der Waals surface area (Å²) in [6.07, 6.45) is 9.07. The monoisotopic (exact) mass is 253 g/mol. The number of nitrogens with one attached hydrogen (secondary N) is 1. The lowest BCUT2D eigenvalue weighted by Crippen LogP contribution is -2.15. The van der Waals surface area contributed by atoms with Gasteiger partial charge in [-0.15, -0.1) is 0 Å². The van der Waals surface area contributed by atoms with Gasteiger partial charge in [-0.05, 0) is 18.7 Å². The first-order valence-corrected chi connectivity index (χ1v) is 7.49. The van der Waals surface area contributed by atoms with Crippen LogP contribution in [0.5, 0.6) is 0 Å². The van der Waals surface area contributed by atoms with Crippen LogP contribution in [0.25, 0.3) is 0 Å². The number of hydrogen-bond acceptors (Lipinski definition) is 4. The van der Waals surface area contributed by atoms with Gasteiger partial charge in [0.2, 0.25) is 0 Å². The number of unbranched alkanes of at least 4 members (excludes halogenated alkanes) is 3. The molecular weight excluding hydrogens is 230 g/mol. The van der Waals surface area contributed by atoms with E-state index in [2.05, 4.69) is 29.1 Å². The van der Waals surface area contributed by atoms with Crippen molar-refractivity contribution in [2.75, 3.05) is 12.3 Å². The zero-order valence-electron chi connectivity index (χ0n) is 10.9. The van der Waals surface area contributed by atoms with Gasteiger partial charge < -0.3 is 5.32 Å². The average molecular weight is 253 g/mol. The number of aromatic nitrogens is 2. The van der Waals surface area contributed by atoms with E-state index in [-0.39, 0.29) is 0 Å². The maximum absolute atomic E-state index is 4.31. The molecule has 1 rings (SSSR count). The van der Waals surface area contributed by atoms with E-state index in [1.807, 2.05) is 12.4 Å². The molecule has 1 aromatic heterocycles. The van der Waals surface area contributed by atoms with Gasteiger partial charge in [-0.3, -0.25) is 0 Å². The number of hydrogen-bond donors (Lipinski definition) is 1. The Kier molecular flexibility index (Phi) is 8.01. The first-order chi connectivity index (χ1) is 8.36. The van der Waals surface area contributed by atoms with Gasteiger partial charge in [0.05, 0.1) is 0 Å². The van der Waals surface area contributed by atoms with E-state index < -0.39 is 0 Å². The smallest absolute Gasteiger partial charge is 0.187 e. The summed E-state index contributed by atoms with van der Waals surface area (Å²) in [5.74, 6) is 1.02. The molecule has 0 saturated heterocycles. The molecule has 0 spiro atoms. The Balaban J connectivity index is 2.14. The fraction of sp³-hybridized carbons (Fsp3) is 0.692. The summed E-state index contributed by atoms with van der Waals surface area (Å²) in [5.41, 5.74) is 1.17. The lowest BCUT2D eigenvalue weighted by Gasteiger charge is -2.04. The summed E-state index contributed by atoms with van der Waals surface area (Å²) in [7, 11) is 0. The van der Waals surface area contributed by atoms with Gasteiger partial charge >= 0.3 is 0 Å². The summed E-state index contributed by atoms with van der Waals surface area (Å²) in [6, 6.07) is 0. The standard InChI is InChI=1S/C13H23N3S/c1-3-5-6-7-8-14-9-12-10-15-13(16-11-12)17-4-2/h10-11,14H,3-9H2,1-2H3. The molecule has 0 aliphatic carbocycles. The highest BCUT2D eigenvalue weighted by Crippen LogP contribution is 2.10. The van der Waals surface area contributed by atoms with E-state index >= 15 is 0 Å². The van der Waals surface area contributed by atoms with Gasteiger partial charge in [-0.2, -0.15) is 0 Å². The first kappa shape index (κ1) is 14.5. The zero-order chi connectivity index (χ0) is 12.3. The molecule has 3 nitrogen and oxygen atoms in total. The molecule has 0 aromatic carbocycles. The van der Waals surface area contributed by atoms with E-state index in [0.717, 1.165) is 24.0 Å². The molecule has 0 amide bonds. The molecule has 0 atom stereocenters. The van der Waals surface area contributed by atoms with Crippen molar-refractivity contribution in [1.29, 1.82) is 0 Å². The van der Waals surface area contributed by atoms with Crippen LogP contribution >= 0.6 is 11.8 Å². The van der Waals surface area contributed by atoms with Crippen molar-refractivity contribution in [2.24, 2.45) is 0 Å². The van der Waals surface area contributed by atoms with Gasteiger partial charge in [0, 0.05) is 24.5 Å². The zero-order valence-corrected chi connectivity index (χ0v) is 11.7. The van der Waals surface area contributed by atoms with Crippen LogP contribution in [-0.4, -0.2) is 22.3 Å². The Hall–Kier alpha value is -0.610. The Labute approximate surface area is 109 Å². The van der Waals surface area contributed by atoms with Crippen LogP contribution in [0.15, 0.2) is 17.6 Å². The molecule has 0 aliphatic heterocycles. The molecule has 0 fully saturated rings. The van der Waals surface area contributed by atoms with Crippen LogP contribution in [0, 0.1) is 0 Å². The maximum atomic E-state index is 4.31. The Bertz CT molecular complexity index is 287. The summed E-state index contributed by atoms with van der Waals surface area (Å²) in [6.45, 7) is 6.31. The Morgan fingerprint density at radius 2 is 1.88 bits per heavy atom. The number of nitrogens with zero attached hydrogens (tertiary/aromatic N) is 2. The van der Waals surface area contributed by atoms with Gasteiger partial charge in [0.1, 0.15) is 0 Å². The summed E-state index contributed by atoms with van der Waals surface area (Å²) < 4.78 is 0. The quantitative estimate of drug-likeness (QED) is 0.416. The SMILES string of the molecule is CCCCCCNCc1cnc(SCC)nc1.